The van der Waals surface area contributed by atoms with Crippen LogP contribution in [0.3, 0.4) is 0 Å². The van der Waals surface area contributed by atoms with E-state index in [-0.39, 0.29) is 18.8 Å². The van der Waals surface area contributed by atoms with E-state index in [2.05, 4.69) is 5.32 Å². The van der Waals surface area contributed by atoms with Crippen molar-refractivity contribution in [3.63, 3.8) is 0 Å². The first-order valence-electron chi connectivity index (χ1n) is 10.8. The molecule has 0 atom stereocenters. The van der Waals surface area contributed by atoms with Crippen molar-refractivity contribution < 1.29 is 23.8 Å². The number of amides is 1. The van der Waals surface area contributed by atoms with Gasteiger partial charge in [0.1, 0.15) is 18.2 Å². The number of nitrogens with zero attached hydrogens (tertiary/aromatic N) is 1. The van der Waals surface area contributed by atoms with Crippen molar-refractivity contribution in [1.82, 2.24) is 0 Å². The summed E-state index contributed by atoms with van der Waals surface area (Å²) in [6.45, 7) is 2.22. The van der Waals surface area contributed by atoms with E-state index in [1.807, 2.05) is 6.07 Å². The Morgan fingerprint density at radius 2 is 1.75 bits per heavy atom. The SMILES string of the molecule is CCOC(=O)c1ccc(NC(=O)/C(C#N)=C/c2ccc(OCc3ccc(Cl)c(Cl)c3)c(OC)c2)cc1. The van der Waals surface area contributed by atoms with E-state index in [9.17, 15) is 14.9 Å². The van der Waals surface area contributed by atoms with E-state index in [0.29, 0.717) is 38.4 Å². The second kappa shape index (κ2) is 12.6. The molecule has 0 aromatic heterocycles. The Bertz CT molecular complexity index is 1330. The van der Waals surface area contributed by atoms with Gasteiger partial charge in [-0.2, -0.15) is 5.26 Å². The predicted molar refractivity (Wildman–Crippen MR) is 138 cm³/mol. The molecule has 0 bridgehead atoms. The number of esters is 1. The zero-order valence-electron chi connectivity index (χ0n) is 19.5. The highest BCUT2D eigenvalue weighted by molar-refractivity contribution is 6.42. The van der Waals surface area contributed by atoms with Crippen LogP contribution in [0.15, 0.2) is 66.2 Å². The second-order valence-electron chi connectivity index (χ2n) is 7.37. The summed E-state index contributed by atoms with van der Waals surface area (Å²) in [6.07, 6.45) is 1.44. The lowest BCUT2D eigenvalue weighted by molar-refractivity contribution is -0.112. The van der Waals surface area contributed by atoms with E-state index in [4.69, 9.17) is 37.4 Å². The summed E-state index contributed by atoms with van der Waals surface area (Å²) < 4.78 is 16.2. The van der Waals surface area contributed by atoms with Crippen LogP contribution in [0.4, 0.5) is 5.69 Å². The highest BCUT2D eigenvalue weighted by Gasteiger charge is 2.13. The summed E-state index contributed by atoms with van der Waals surface area (Å²) in [5, 5.41) is 13.1. The van der Waals surface area contributed by atoms with Crippen molar-refractivity contribution in [3.05, 3.63) is 93.0 Å². The Kier molecular flexibility index (Phi) is 9.34. The van der Waals surface area contributed by atoms with Gasteiger partial charge in [-0.1, -0.05) is 35.3 Å². The zero-order chi connectivity index (χ0) is 26.1. The van der Waals surface area contributed by atoms with E-state index in [1.54, 1.807) is 55.5 Å². The predicted octanol–water partition coefficient (Wildman–Crippen LogP) is 6.30. The molecule has 3 rings (SSSR count). The number of carbonyl (C=O) groups is 2. The molecule has 0 radical (unpaired) electrons. The second-order valence-corrected chi connectivity index (χ2v) is 8.18. The molecular formula is C27H22Cl2N2O5. The van der Waals surface area contributed by atoms with Gasteiger partial charge in [-0.15, -0.1) is 0 Å². The maximum Gasteiger partial charge on any atom is 0.338 e. The molecule has 0 spiro atoms. The van der Waals surface area contributed by atoms with E-state index >= 15 is 0 Å². The first-order valence-corrected chi connectivity index (χ1v) is 11.5. The van der Waals surface area contributed by atoms with Crippen LogP contribution in [-0.2, 0) is 16.1 Å². The number of rotatable bonds is 9. The number of benzene rings is 3. The first-order chi connectivity index (χ1) is 17.3. The van der Waals surface area contributed by atoms with Crippen LogP contribution in [-0.4, -0.2) is 25.6 Å². The van der Waals surface area contributed by atoms with Crippen LogP contribution < -0.4 is 14.8 Å². The van der Waals surface area contributed by atoms with Gasteiger partial charge in [-0.25, -0.2) is 4.79 Å². The zero-order valence-corrected chi connectivity index (χ0v) is 21.0. The maximum absolute atomic E-state index is 12.6. The number of methoxy groups -OCH3 is 1. The van der Waals surface area contributed by atoms with Crippen LogP contribution in [0.5, 0.6) is 11.5 Å². The van der Waals surface area contributed by atoms with Crippen molar-refractivity contribution in [2.24, 2.45) is 0 Å². The Morgan fingerprint density at radius 1 is 1.00 bits per heavy atom. The van der Waals surface area contributed by atoms with Crippen LogP contribution in [0.2, 0.25) is 10.0 Å². The monoisotopic (exact) mass is 524 g/mol. The minimum atomic E-state index is -0.597. The molecule has 3 aromatic rings. The van der Waals surface area contributed by atoms with Gasteiger partial charge in [0.15, 0.2) is 11.5 Å². The molecule has 36 heavy (non-hydrogen) atoms. The number of hydrogen-bond donors (Lipinski definition) is 1. The van der Waals surface area contributed by atoms with Crippen LogP contribution in [0, 0.1) is 11.3 Å². The van der Waals surface area contributed by atoms with E-state index < -0.39 is 11.9 Å². The third kappa shape index (κ3) is 7.01. The quantitative estimate of drug-likeness (QED) is 0.200. The molecule has 184 valence electrons. The average Bonchev–Trinajstić information content (AvgIpc) is 2.88. The topological polar surface area (TPSA) is 97.7 Å². The Labute approximate surface area is 218 Å². The lowest BCUT2D eigenvalue weighted by Gasteiger charge is -2.12. The third-order valence-corrected chi connectivity index (χ3v) is 5.64. The minimum absolute atomic E-state index is 0.115. The Morgan fingerprint density at radius 3 is 2.39 bits per heavy atom. The fraction of sp³-hybridized carbons (Fsp3) is 0.148. The molecule has 0 heterocycles. The smallest absolute Gasteiger partial charge is 0.338 e. The normalized spacial score (nSPS) is 10.8. The lowest BCUT2D eigenvalue weighted by atomic mass is 10.1. The number of nitriles is 1. The number of nitrogens with one attached hydrogen (secondary N) is 1. The summed E-state index contributed by atoms with van der Waals surface area (Å²) in [5.74, 6) is -0.145. The lowest BCUT2D eigenvalue weighted by Crippen LogP contribution is -2.13. The number of hydrogen-bond acceptors (Lipinski definition) is 6. The van der Waals surface area contributed by atoms with Crippen molar-refractivity contribution in [2.45, 2.75) is 13.5 Å². The highest BCUT2D eigenvalue weighted by Crippen LogP contribution is 2.30. The Hall–Kier alpha value is -3.99. The average molecular weight is 525 g/mol. The standard InChI is InChI=1S/C27H22Cl2N2O5/c1-3-35-27(33)19-6-8-21(9-7-19)31-26(32)20(15-30)12-17-5-11-24(25(14-17)34-2)36-16-18-4-10-22(28)23(29)13-18/h4-14H,3,16H2,1-2H3,(H,31,32)/b20-12+. The number of halogens is 2. The molecule has 0 unspecified atom stereocenters. The number of anilines is 1. The summed E-state index contributed by atoms with van der Waals surface area (Å²) in [6, 6.07) is 18.3. The molecule has 0 saturated heterocycles. The first kappa shape index (κ1) is 26.6. The van der Waals surface area contributed by atoms with E-state index in [1.165, 1.54) is 25.3 Å². The number of carbonyl (C=O) groups excluding carboxylic acids is 2. The van der Waals surface area contributed by atoms with Crippen molar-refractivity contribution in [1.29, 1.82) is 5.26 Å². The Balaban J connectivity index is 1.71. The summed E-state index contributed by atoms with van der Waals surface area (Å²) in [4.78, 5) is 24.4. The maximum atomic E-state index is 12.6. The molecule has 0 aliphatic carbocycles. The van der Waals surface area contributed by atoms with Crippen molar-refractivity contribution in [2.75, 3.05) is 19.0 Å². The van der Waals surface area contributed by atoms with Crippen molar-refractivity contribution in [3.8, 4) is 17.6 Å². The largest absolute Gasteiger partial charge is 0.493 e. The van der Waals surface area contributed by atoms with Gasteiger partial charge in [0, 0.05) is 5.69 Å². The summed E-state index contributed by atoms with van der Waals surface area (Å²) >= 11 is 12.0. The van der Waals surface area contributed by atoms with Gasteiger partial charge in [0.2, 0.25) is 0 Å². The molecular weight excluding hydrogens is 503 g/mol. The molecule has 9 heteroatoms. The van der Waals surface area contributed by atoms with Crippen LogP contribution >= 0.6 is 23.2 Å². The van der Waals surface area contributed by atoms with Gasteiger partial charge in [-0.05, 0) is 72.7 Å². The van der Waals surface area contributed by atoms with Gasteiger partial charge >= 0.3 is 5.97 Å². The van der Waals surface area contributed by atoms with Gasteiger partial charge in [0.05, 0.1) is 29.3 Å². The fourth-order valence-corrected chi connectivity index (χ4v) is 3.42. The summed E-state index contributed by atoms with van der Waals surface area (Å²) in [7, 11) is 1.49. The van der Waals surface area contributed by atoms with Crippen molar-refractivity contribution >= 4 is 46.8 Å². The fourth-order valence-electron chi connectivity index (χ4n) is 3.10. The van der Waals surface area contributed by atoms with Crippen LogP contribution in [0.1, 0.15) is 28.4 Å². The molecule has 7 nitrogen and oxygen atoms in total. The minimum Gasteiger partial charge on any atom is -0.493 e. The highest BCUT2D eigenvalue weighted by atomic mass is 35.5. The summed E-state index contributed by atoms with van der Waals surface area (Å²) in [5.41, 5.74) is 2.07. The molecule has 0 saturated carbocycles. The molecule has 0 aliphatic rings. The number of ether oxygens (including phenoxy) is 3. The van der Waals surface area contributed by atoms with Gasteiger partial charge in [-0.3, -0.25) is 4.79 Å². The molecule has 0 aliphatic heterocycles. The molecule has 3 aromatic carbocycles. The molecule has 1 amide bonds. The third-order valence-electron chi connectivity index (χ3n) is 4.90. The molecule has 1 N–H and O–H groups in total. The van der Waals surface area contributed by atoms with Gasteiger partial charge < -0.3 is 19.5 Å². The molecule has 0 fully saturated rings. The van der Waals surface area contributed by atoms with E-state index in [0.717, 1.165) is 5.56 Å². The van der Waals surface area contributed by atoms with Gasteiger partial charge in [0.25, 0.3) is 5.91 Å². The van der Waals surface area contributed by atoms with Crippen LogP contribution in [0.25, 0.3) is 6.08 Å².